The van der Waals surface area contributed by atoms with Crippen LogP contribution in [-0.4, -0.2) is 29.6 Å². The Morgan fingerprint density at radius 2 is 2.16 bits per heavy atom. The molecule has 0 aromatic heterocycles. The predicted molar refractivity (Wildman–Crippen MR) is 67.6 cm³/mol. The van der Waals surface area contributed by atoms with Crippen LogP contribution in [0.2, 0.25) is 0 Å². The van der Waals surface area contributed by atoms with E-state index in [0.29, 0.717) is 6.42 Å². The standard InChI is InChI=1S/C13H15FN2O3/c14-8-4-5-9(13(18)19)11(7-8)16-12(17)10-3-1-2-6-15-10/h4-5,7,10,15H,1-3,6H2,(H,16,17)(H,18,19). The molecule has 1 atom stereocenters. The largest absolute Gasteiger partial charge is 0.478 e. The average Bonchev–Trinajstić information content (AvgIpc) is 2.39. The van der Waals surface area contributed by atoms with Crippen molar-refractivity contribution in [1.82, 2.24) is 5.32 Å². The molecule has 1 fully saturated rings. The van der Waals surface area contributed by atoms with Gasteiger partial charge in [0.25, 0.3) is 0 Å². The van der Waals surface area contributed by atoms with Gasteiger partial charge in [-0.15, -0.1) is 0 Å². The summed E-state index contributed by atoms with van der Waals surface area (Å²) >= 11 is 0. The topological polar surface area (TPSA) is 78.4 Å². The van der Waals surface area contributed by atoms with Crippen LogP contribution in [0, 0.1) is 5.82 Å². The third kappa shape index (κ3) is 3.29. The number of aromatic carboxylic acids is 1. The highest BCUT2D eigenvalue weighted by atomic mass is 19.1. The van der Waals surface area contributed by atoms with Crippen molar-refractivity contribution in [3.05, 3.63) is 29.6 Å². The number of rotatable bonds is 3. The molecular weight excluding hydrogens is 251 g/mol. The number of carboxylic acids is 1. The molecule has 2 rings (SSSR count). The molecule has 1 aromatic rings. The first-order valence-corrected chi connectivity index (χ1v) is 6.15. The van der Waals surface area contributed by atoms with E-state index in [0.717, 1.165) is 37.6 Å². The second kappa shape index (κ2) is 5.79. The number of nitrogens with one attached hydrogen (secondary N) is 2. The lowest BCUT2D eigenvalue weighted by Gasteiger charge is -2.22. The minimum absolute atomic E-state index is 0.00938. The third-order valence-electron chi connectivity index (χ3n) is 3.10. The zero-order chi connectivity index (χ0) is 13.8. The Morgan fingerprint density at radius 3 is 2.79 bits per heavy atom. The van der Waals surface area contributed by atoms with Crippen LogP contribution in [0.4, 0.5) is 10.1 Å². The lowest BCUT2D eigenvalue weighted by Crippen LogP contribution is -2.43. The number of halogens is 1. The highest BCUT2D eigenvalue weighted by molar-refractivity contribution is 6.02. The van der Waals surface area contributed by atoms with E-state index in [1.54, 1.807) is 0 Å². The van der Waals surface area contributed by atoms with E-state index in [1.165, 1.54) is 0 Å². The molecule has 1 unspecified atom stereocenters. The monoisotopic (exact) mass is 266 g/mol. The Balaban J connectivity index is 2.15. The summed E-state index contributed by atoms with van der Waals surface area (Å²) in [6, 6.07) is 2.86. The molecule has 1 aliphatic rings. The normalized spacial score (nSPS) is 18.9. The summed E-state index contributed by atoms with van der Waals surface area (Å²) in [4.78, 5) is 23.0. The second-order valence-electron chi connectivity index (χ2n) is 4.49. The van der Waals surface area contributed by atoms with E-state index < -0.39 is 11.8 Å². The molecule has 1 aliphatic heterocycles. The molecule has 1 saturated heterocycles. The van der Waals surface area contributed by atoms with Gasteiger partial charge in [0.1, 0.15) is 5.82 Å². The number of anilines is 1. The van der Waals surface area contributed by atoms with E-state index in [2.05, 4.69) is 10.6 Å². The number of benzene rings is 1. The number of carbonyl (C=O) groups excluding carboxylic acids is 1. The van der Waals surface area contributed by atoms with Crippen LogP contribution >= 0.6 is 0 Å². The molecule has 0 radical (unpaired) electrons. The molecule has 3 N–H and O–H groups in total. The Kier molecular flexibility index (Phi) is 4.11. The quantitative estimate of drug-likeness (QED) is 0.776. The van der Waals surface area contributed by atoms with Crippen LogP contribution < -0.4 is 10.6 Å². The fourth-order valence-electron chi connectivity index (χ4n) is 2.10. The summed E-state index contributed by atoms with van der Waals surface area (Å²) in [5, 5.41) is 14.5. The molecule has 0 spiro atoms. The summed E-state index contributed by atoms with van der Waals surface area (Å²) in [5.41, 5.74) is -0.129. The van der Waals surface area contributed by atoms with Gasteiger partial charge < -0.3 is 15.7 Å². The van der Waals surface area contributed by atoms with Gasteiger partial charge in [0.2, 0.25) is 5.91 Å². The van der Waals surface area contributed by atoms with Gasteiger partial charge in [0.15, 0.2) is 0 Å². The van der Waals surface area contributed by atoms with Crippen LogP contribution in [0.1, 0.15) is 29.6 Å². The molecule has 6 heteroatoms. The van der Waals surface area contributed by atoms with Crippen LogP contribution in [0.5, 0.6) is 0 Å². The summed E-state index contributed by atoms with van der Waals surface area (Å²) in [7, 11) is 0. The zero-order valence-corrected chi connectivity index (χ0v) is 10.3. The van der Waals surface area contributed by atoms with Crippen molar-refractivity contribution in [3.8, 4) is 0 Å². The molecule has 5 nitrogen and oxygen atoms in total. The first kappa shape index (κ1) is 13.5. The van der Waals surface area contributed by atoms with Crippen molar-refractivity contribution in [2.45, 2.75) is 25.3 Å². The van der Waals surface area contributed by atoms with Gasteiger partial charge >= 0.3 is 5.97 Å². The van der Waals surface area contributed by atoms with E-state index in [4.69, 9.17) is 5.11 Å². The van der Waals surface area contributed by atoms with Crippen molar-refractivity contribution < 1.29 is 19.1 Å². The predicted octanol–water partition coefficient (Wildman–Crippen LogP) is 1.60. The number of piperidine rings is 1. The van der Waals surface area contributed by atoms with Gasteiger partial charge in [-0.3, -0.25) is 4.79 Å². The summed E-state index contributed by atoms with van der Waals surface area (Å²) in [6.45, 7) is 0.757. The number of carboxylic acid groups (broad SMARTS) is 1. The van der Waals surface area contributed by atoms with Gasteiger partial charge in [-0.25, -0.2) is 9.18 Å². The molecule has 0 aliphatic carbocycles. The SMILES string of the molecule is O=C(O)c1ccc(F)cc1NC(=O)C1CCCCN1. The third-order valence-corrected chi connectivity index (χ3v) is 3.10. The number of hydrogen-bond acceptors (Lipinski definition) is 3. The Labute approximate surface area is 109 Å². The minimum atomic E-state index is -1.20. The van der Waals surface area contributed by atoms with Crippen LogP contribution in [0.15, 0.2) is 18.2 Å². The minimum Gasteiger partial charge on any atom is -0.478 e. The van der Waals surface area contributed by atoms with Crippen molar-refractivity contribution in [2.24, 2.45) is 0 Å². The van der Waals surface area contributed by atoms with E-state index in [-0.39, 0.29) is 23.2 Å². The molecule has 1 aromatic carbocycles. The van der Waals surface area contributed by atoms with Gasteiger partial charge in [0.05, 0.1) is 17.3 Å². The molecule has 1 amide bonds. The maximum absolute atomic E-state index is 13.1. The summed E-state index contributed by atoms with van der Waals surface area (Å²) in [5.74, 6) is -2.11. The van der Waals surface area contributed by atoms with E-state index in [1.807, 2.05) is 0 Å². The van der Waals surface area contributed by atoms with Crippen molar-refractivity contribution in [1.29, 1.82) is 0 Å². The van der Waals surface area contributed by atoms with Crippen LogP contribution in [0.3, 0.4) is 0 Å². The lowest BCUT2D eigenvalue weighted by molar-refractivity contribution is -0.118. The first-order chi connectivity index (χ1) is 9.08. The highest BCUT2D eigenvalue weighted by Gasteiger charge is 2.22. The Morgan fingerprint density at radius 1 is 1.37 bits per heavy atom. The molecule has 1 heterocycles. The first-order valence-electron chi connectivity index (χ1n) is 6.15. The molecule has 0 saturated carbocycles. The Bertz CT molecular complexity index is 499. The highest BCUT2D eigenvalue weighted by Crippen LogP contribution is 2.18. The fourth-order valence-corrected chi connectivity index (χ4v) is 2.10. The maximum atomic E-state index is 13.1. The van der Waals surface area contributed by atoms with Gasteiger partial charge in [-0.05, 0) is 37.6 Å². The fraction of sp³-hybridized carbons (Fsp3) is 0.385. The zero-order valence-electron chi connectivity index (χ0n) is 10.3. The molecule has 19 heavy (non-hydrogen) atoms. The van der Waals surface area contributed by atoms with Gasteiger partial charge in [-0.1, -0.05) is 6.42 Å². The van der Waals surface area contributed by atoms with E-state index in [9.17, 15) is 14.0 Å². The maximum Gasteiger partial charge on any atom is 0.337 e. The lowest BCUT2D eigenvalue weighted by atomic mass is 10.0. The molecule has 102 valence electrons. The van der Waals surface area contributed by atoms with E-state index >= 15 is 0 Å². The van der Waals surface area contributed by atoms with Gasteiger partial charge in [0, 0.05) is 0 Å². The summed E-state index contributed by atoms with van der Waals surface area (Å²) < 4.78 is 13.1. The molecule has 0 bridgehead atoms. The van der Waals surface area contributed by atoms with Crippen molar-refractivity contribution >= 4 is 17.6 Å². The number of amides is 1. The molecular formula is C13H15FN2O3. The van der Waals surface area contributed by atoms with Gasteiger partial charge in [-0.2, -0.15) is 0 Å². The smallest absolute Gasteiger partial charge is 0.337 e. The number of carbonyl (C=O) groups is 2. The van der Waals surface area contributed by atoms with Crippen molar-refractivity contribution in [3.63, 3.8) is 0 Å². The van der Waals surface area contributed by atoms with Crippen molar-refractivity contribution in [2.75, 3.05) is 11.9 Å². The Hall–Kier alpha value is -1.95. The van der Waals surface area contributed by atoms with Crippen LogP contribution in [-0.2, 0) is 4.79 Å². The second-order valence-corrected chi connectivity index (χ2v) is 4.49. The average molecular weight is 266 g/mol. The number of hydrogen-bond donors (Lipinski definition) is 3. The summed E-state index contributed by atoms with van der Waals surface area (Å²) in [6.07, 6.45) is 2.66. The van der Waals surface area contributed by atoms with Crippen LogP contribution in [0.25, 0.3) is 0 Å².